The van der Waals surface area contributed by atoms with Gasteiger partial charge in [-0.2, -0.15) is 0 Å². The molecule has 14 amide bonds. The number of aliphatic hydroxyl groups excluding tert-OH is 3. The quantitative estimate of drug-likeness (QED) is 0.0288. The molecular formula is C65H103N15O26. The molecule has 0 aliphatic heterocycles. The lowest BCUT2D eigenvalue weighted by Gasteiger charge is -2.28. The number of carboxylic acid groups (broad SMARTS) is 4. The first-order chi connectivity index (χ1) is 49.4. The summed E-state index contributed by atoms with van der Waals surface area (Å²) in [5, 5.41) is 110. The number of hydrogen-bond donors (Lipinski definition) is 23. The summed E-state index contributed by atoms with van der Waals surface area (Å²) >= 11 is 0. The number of nitrogens with two attached hydrogens (primary N) is 1. The zero-order valence-electron chi connectivity index (χ0n) is 60.5. The van der Waals surface area contributed by atoms with Gasteiger partial charge in [-0.25, -0.2) is 4.79 Å². The van der Waals surface area contributed by atoms with Crippen LogP contribution in [0, 0.1) is 23.7 Å². The van der Waals surface area contributed by atoms with E-state index in [0.717, 1.165) is 13.8 Å². The van der Waals surface area contributed by atoms with E-state index in [2.05, 4.69) is 74.4 Å². The van der Waals surface area contributed by atoms with Gasteiger partial charge in [-0.05, 0) is 87.3 Å². The molecule has 41 nitrogen and oxygen atoms in total. The van der Waals surface area contributed by atoms with E-state index in [-0.39, 0.29) is 55.6 Å². The third-order valence-corrected chi connectivity index (χ3v) is 15.3. The molecule has 0 aliphatic carbocycles. The van der Waals surface area contributed by atoms with Crippen LogP contribution in [0.4, 0.5) is 0 Å². The monoisotopic (exact) mass is 1510 g/mol. The Morgan fingerprint density at radius 2 is 0.764 bits per heavy atom. The van der Waals surface area contributed by atoms with Crippen molar-refractivity contribution in [2.45, 2.75) is 206 Å². The Kier molecular flexibility index (Phi) is 41.3. The number of benzene rings is 1. The standard InChI is InChI=1S/C65H103N15O26/c1-29(2)19-39(73-62(102)45(28-82)78-61(101)42(23-51(92)93)74-60(100)41(21-31(5)6)76-64(104)53(34(10)83)80-55(95)37(66)15-17-49(88)89)56(96)68-24-46(85)67-25-48(87)79-52(32(7)8)63(103)75-40(20-30(3)4)59(99)72-38(16-18-50(90)91)58(98)70-33(9)54(94)77-44(27-81)57(97)69-26-47(86)71-43(65(105)106)22-35-11-13-36(84)14-12-35/h11-14,29-34,37-45,52-53,81-84H,15-28,66H2,1-10H3,(H,67,85)(H,68,96)(H,69,97)(H,70,98)(H,71,86)(H,72,99)(H,73,102)(H,74,100)(H,75,103)(H,76,104)(H,77,94)(H,78,101)(H,79,87)(H,80,95)(H,88,89)(H,90,91)(H,92,93)(H,105,106)/t33-,34+,37-,38-,39-,40-,41-,42-,43-,44-,45-,52-,53-/m0/s1. The van der Waals surface area contributed by atoms with E-state index < -0.39 is 250 Å². The molecule has 0 fully saturated rings. The Morgan fingerprint density at radius 1 is 0.377 bits per heavy atom. The maximum atomic E-state index is 14.0. The van der Waals surface area contributed by atoms with Crippen LogP contribution in [-0.4, -0.2) is 259 Å². The Labute approximate surface area is 609 Å². The zero-order chi connectivity index (χ0) is 81.0. The first-order valence-electron chi connectivity index (χ1n) is 33.9. The van der Waals surface area contributed by atoms with E-state index in [9.17, 15) is 122 Å². The lowest BCUT2D eigenvalue weighted by molar-refractivity contribution is -0.142. The average Bonchev–Trinajstić information content (AvgIpc) is 0.857. The van der Waals surface area contributed by atoms with Crippen molar-refractivity contribution in [3.05, 3.63) is 29.8 Å². The third-order valence-electron chi connectivity index (χ3n) is 15.3. The van der Waals surface area contributed by atoms with Gasteiger partial charge in [0.15, 0.2) is 0 Å². The number of phenols is 1. The molecule has 0 saturated heterocycles. The highest BCUT2D eigenvalue weighted by Crippen LogP contribution is 2.15. The van der Waals surface area contributed by atoms with Crippen molar-refractivity contribution >= 4 is 107 Å². The van der Waals surface area contributed by atoms with E-state index in [1.165, 1.54) is 38.1 Å². The highest BCUT2D eigenvalue weighted by molar-refractivity contribution is 6.00. The molecular weight excluding hydrogens is 1410 g/mol. The average molecular weight is 1510 g/mol. The molecule has 0 unspecified atom stereocenters. The predicted molar refractivity (Wildman–Crippen MR) is 368 cm³/mol. The van der Waals surface area contributed by atoms with Crippen LogP contribution in [0.2, 0.25) is 0 Å². The molecule has 0 aromatic heterocycles. The number of aliphatic carboxylic acids is 4. The summed E-state index contributed by atoms with van der Waals surface area (Å²) in [6, 6.07) is -13.9. The molecule has 0 spiro atoms. The van der Waals surface area contributed by atoms with Gasteiger partial charge in [-0.15, -0.1) is 0 Å². The fraction of sp³-hybridized carbons (Fsp3) is 0.631. The Balaban J connectivity index is 3.10. The largest absolute Gasteiger partial charge is 0.508 e. The van der Waals surface area contributed by atoms with Crippen molar-refractivity contribution in [2.24, 2.45) is 29.4 Å². The second-order valence-corrected chi connectivity index (χ2v) is 26.5. The van der Waals surface area contributed by atoms with Gasteiger partial charge in [0.25, 0.3) is 0 Å². The maximum absolute atomic E-state index is 14.0. The molecule has 0 bridgehead atoms. The normalized spacial score (nSPS) is 14.8. The van der Waals surface area contributed by atoms with Crippen molar-refractivity contribution in [2.75, 3.05) is 32.8 Å². The molecule has 0 saturated carbocycles. The Morgan fingerprint density at radius 3 is 1.24 bits per heavy atom. The van der Waals surface area contributed by atoms with E-state index in [1.807, 2.05) is 0 Å². The molecule has 594 valence electrons. The highest BCUT2D eigenvalue weighted by atomic mass is 16.4. The second kappa shape index (κ2) is 46.9. The summed E-state index contributed by atoms with van der Waals surface area (Å²) in [6.45, 7) is 10.5. The van der Waals surface area contributed by atoms with Gasteiger partial charge in [-0.1, -0.05) is 67.5 Å². The molecule has 0 heterocycles. The van der Waals surface area contributed by atoms with E-state index in [1.54, 1.807) is 41.5 Å². The minimum Gasteiger partial charge on any atom is -0.508 e. The molecule has 0 radical (unpaired) electrons. The summed E-state index contributed by atoms with van der Waals surface area (Å²) in [4.78, 5) is 234. The number of amides is 14. The molecule has 1 aromatic carbocycles. The Hall–Kier alpha value is -10.7. The number of phenolic OH excluding ortho intramolecular Hbond substituents is 1. The summed E-state index contributed by atoms with van der Waals surface area (Å²) in [6.07, 6.45) is -5.42. The number of aromatic hydroxyl groups is 1. The van der Waals surface area contributed by atoms with Crippen LogP contribution >= 0.6 is 0 Å². The van der Waals surface area contributed by atoms with Gasteiger partial charge in [0.05, 0.1) is 51.4 Å². The van der Waals surface area contributed by atoms with Crippen LogP contribution in [0.3, 0.4) is 0 Å². The van der Waals surface area contributed by atoms with Gasteiger partial charge >= 0.3 is 23.9 Å². The number of hydrogen-bond acceptors (Lipinski definition) is 23. The van der Waals surface area contributed by atoms with Gasteiger partial charge in [0.2, 0.25) is 82.7 Å². The minimum absolute atomic E-state index is 0.0812. The smallest absolute Gasteiger partial charge is 0.326 e. The lowest BCUT2D eigenvalue weighted by Crippen LogP contribution is -2.61. The van der Waals surface area contributed by atoms with Crippen molar-refractivity contribution in [3.8, 4) is 5.75 Å². The van der Waals surface area contributed by atoms with Gasteiger partial charge in [0.1, 0.15) is 72.2 Å². The van der Waals surface area contributed by atoms with Gasteiger partial charge in [0, 0.05) is 19.3 Å². The molecule has 1 aromatic rings. The van der Waals surface area contributed by atoms with Crippen LogP contribution in [0.15, 0.2) is 24.3 Å². The summed E-state index contributed by atoms with van der Waals surface area (Å²) in [7, 11) is 0. The second-order valence-electron chi connectivity index (χ2n) is 26.5. The molecule has 1 rings (SSSR count). The van der Waals surface area contributed by atoms with E-state index in [0.29, 0.717) is 5.56 Å². The fourth-order valence-electron chi connectivity index (χ4n) is 9.68. The van der Waals surface area contributed by atoms with Crippen molar-refractivity contribution in [3.63, 3.8) is 0 Å². The Bertz CT molecular complexity index is 3240. The van der Waals surface area contributed by atoms with Crippen LogP contribution < -0.4 is 80.2 Å². The summed E-state index contributed by atoms with van der Waals surface area (Å²) in [5.74, 6) is -22.6. The first kappa shape index (κ1) is 93.3. The molecule has 106 heavy (non-hydrogen) atoms. The number of carbonyl (C=O) groups excluding carboxylic acids is 14. The third kappa shape index (κ3) is 36.2. The SMILES string of the molecule is CC(C)C[C@H](NC(=O)[C@H](CO)NC(=O)[C@H](CC(=O)O)NC(=O)[C@H](CC(C)C)NC(=O)[C@@H](NC(=O)[C@@H](N)CCC(=O)O)[C@@H](C)O)C(=O)NCC(=O)NCC(=O)N[C@H](C(=O)N[C@@H](CC(C)C)C(=O)N[C@@H](CCC(=O)O)C(=O)N[C@@H](C)C(=O)N[C@@H](CO)C(=O)NCC(=O)N[C@@H](Cc1ccc(O)cc1)C(=O)O)C(C)C. The van der Waals surface area contributed by atoms with Crippen LogP contribution in [-0.2, 0) is 92.7 Å². The number of rotatable bonds is 49. The maximum Gasteiger partial charge on any atom is 0.326 e. The van der Waals surface area contributed by atoms with Gasteiger partial charge < -0.3 is 121 Å². The van der Waals surface area contributed by atoms with E-state index in [4.69, 9.17) is 10.8 Å². The van der Waals surface area contributed by atoms with Crippen LogP contribution in [0.25, 0.3) is 0 Å². The van der Waals surface area contributed by atoms with Crippen molar-refractivity contribution in [1.82, 2.24) is 74.4 Å². The van der Waals surface area contributed by atoms with Crippen LogP contribution in [0.5, 0.6) is 5.75 Å². The van der Waals surface area contributed by atoms with E-state index >= 15 is 0 Å². The number of nitrogens with one attached hydrogen (secondary N) is 14. The van der Waals surface area contributed by atoms with Crippen molar-refractivity contribution < 1.29 is 127 Å². The lowest BCUT2D eigenvalue weighted by atomic mass is 9.99. The fourth-order valence-corrected chi connectivity index (χ4v) is 9.68. The number of carboxylic acids is 4. The predicted octanol–water partition coefficient (Wildman–Crippen LogP) is -7.59. The van der Waals surface area contributed by atoms with Crippen molar-refractivity contribution in [1.29, 1.82) is 0 Å². The molecule has 13 atom stereocenters. The first-order valence-corrected chi connectivity index (χ1v) is 33.9. The summed E-state index contributed by atoms with van der Waals surface area (Å²) in [5.41, 5.74) is 6.18. The number of aliphatic hydroxyl groups is 3. The van der Waals surface area contributed by atoms with Gasteiger partial charge in [-0.3, -0.25) is 81.5 Å². The van der Waals surface area contributed by atoms with Crippen LogP contribution in [0.1, 0.15) is 126 Å². The molecule has 0 aliphatic rings. The highest BCUT2D eigenvalue weighted by Gasteiger charge is 2.38. The molecule has 41 heteroatoms. The minimum atomic E-state index is -2.00. The number of carbonyl (C=O) groups is 18. The molecule has 24 N–H and O–H groups in total. The summed E-state index contributed by atoms with van der Waals surface area (Å²) < 4.78 is 0. The topological polar surface area (TPSA) is 664 Å². The zero-order valence-corrected chi connectivity index (χ0v) is 60.5.